The molecule has 0 radical (unpaired) electrons. The van der Waals surface area contributed by atoms with Gasteiger partial charge < -0.3 is 10.4 Å². The van der Waals surface area contributed by atoms with Crippen LogP contribution in [0.2, 0.25) is 0 Å². The average molecular weight is 226 g/mol. The highest BCUT2D eigenvalue weighted by molar-refractivity contribution is 5.92. The van der Waals surface area contributed by atoms with Crippen molar-refractivity contribution in [2.24, 2.45) is 5.92 Å². The Morgan fingerprint density at radius 3 is 2.75 bits per heavy atom. The van der Waals surface area contributed by atoms with Gasteiger partial charge in [0.2, 0.25) is 0 Å². The molecule has 0 aromatic carbocycles. The number of hydrogen-bond donors (Lipinski definition) is 2. The lowest BCUT2D eigenvalue weighted by atomic mass is 10.1. The predicted octanol–water partition coefficient (Wildman–Crippen LogP) is 0.967. The molecular formula is C11H15FN2O2. The maximum absolute atomic E-state index is 12.6. The molecule has 88 valence electrons. The van der Waals surface area contributed by atoms with Crippen molar-refractivity contribution in [2.45, 2.75) is 19.9 Å². The molecule has 0 aliphatic rings. The first-order valence-electron chi connectivity index (χ1n) is 5.08. The van der Waals surface area contributed by atoms with Crippen LogP contribution in [0.1, 0.15) is 24.3 Å². The molecule has 4 nitrogen and oxygen atoms in total. The number of nitrogens with one attached hydrogen (secondary N) is 1. The second kappa shape index (κ2) is 5.55. The number of amides is 1. The number of carbonyl (C=O) groups is 1. The molecule has 1 aromatic rings. The number of aromatic nitrogens is 1. The smallest absolute Gasteiger partial charge is 0.270 e. The predicted molar refractivity (Wildman–Crippen MR) is 57.4 cm³/mol. The summed E-state index contributed by atoms with van der Waals surface area (Å²) in [6.45, 7) is 3.61. The van der Waals surface area contributed by atoms with Gasteiger partial charge in [0.1, 0.15) is 11.5 Å². The van der Waals surface area contributed by atoms with Gasteiger partial charge in [0.05, 0.1) is 6.20 Å². The number of aliphatic hydroxyl groups is 1. The van der Waals surface area contributed by atoms with Gasteiger partial charge in [-0.2, -0.15) is 0 Å². The molecule has 0 bridgehead atoms. The van der Waals surface area contributed by atoms with E-state index in [1.54, 1.807) is 6.92 Å². The Hall–Kier alpha value is -1.49. The first-order chi connectivity index (χ1) is 7.54. The van der Waals surface area contributed by atoms with Crippen molar-refractivity contribution >= 4 is 5.91 Å². The van der Waals surface area contributed by atoms with E-state index in [0.717, 1.165) is 6.20 Å². The van der Waals surface area contributed by atoms with Crippen LogP contribution in [0.25, 0.3) is 0 Å². The molecule has 0 saturated carbocycles. The highest BCUT2D eigenvalue weighted by Gasteiger charge is 2.15. The summed E-state index contributed by atoms with van der Waals surface area (Å²) >= 11 is 0. The lowest BCUT2D eigenvalue weighted by Gasteiger charge is -2.18. The average Bonchev–Trinajstić information content (AvgIpc) is 2.28. The summed E-state index contributed by atoms with van der Waals surface area (Å²) in [5, 5.41) is 11.6. The molecule has 2 N–H and O–H groups in total. The zero-order chi connectivity index (χ0) is 12.1. The Morgan fingerprint density at radius 2 is 2.25 bits per heavy atom. The summed E-state index contributed by atoms with van der Waals surface area (Å²) in [6.07, 6.45) is 0.995. The Morgan fingerprint density at radius 1 is 1.56 bits per heavy atom. The zero-order valence-corrected chi connectivity index (χ0v) is 9.27. The SMILES string of the molecule is CC(CO)C(C)NC(=O)c1ccc(F)cn1. The van der Waals surface area contributed by atoms with Crippen molar-refractivity contribution < 1.29 is 14.3 Å². The van der Waals surface area contributed by atoms with Gasteiger partial charge in [0.25, 0.3) is 5.91 Å². The van der Waals surface area contributed by atoms with Gasteiger partial charge in [-0.3, -0.25) is 4.79 Å². The minimum Gasteiger partial charge on any atom is -0.396 e. The third-order valence-corrected chi connectivity index (χ3v) is 2.46. The number of hydrogen-bond acceptors (Lipinski definition) is 3. The first-order valence-corrected chi connectivity index (χ1v) is 5.08. The van der Waals surface area contributed by atoms with Crippen LogP contribution in [0.3, 0.4) is 0 Å². The number of aliphatic hydroxyl groups excluding tert-OH is 1. The molecular weight excluding hydrogens is 211 g/mol. The fourth-order valence-corrected chi connectivity index (χ4v) is 1.09. The Labute approximate surface area is 93.5 Å². The maximum atomic E-state index is 12.6. The number of halogens is 1. The third-order valence-electron chi connectivity index (χ3n) is 2.46. The molecule has 1 heterocycles. The van der Waals surface area contributed by atoms with Crippen molar-refractivity contribution in [1.82, 2.24) is 10.3 Å². The van der Waals surface area contributed by atoms with Crippen molar-refractivity contribution in [3.63, 3.8) is 0 Å². The highest BCUT2D eigenvalue weighted by atomic mass is 19.1. The van der Waals surface area contributed by atoms with Gasteiger partial charge in [-0.25, -0.2) is 9.37 Å². The lowest BCUT2D eigenvalue weighted by Crippen LogP contribution is -2.38. The summed E-state index contributed by atoms with van der Waals surface area (Å²) in [6, 6.07) is 2.34. The van der Waals surface area contributed by atoms with Crippen LogP contribution in [0.15, 0.2) is 18.3 Å². The van der Waals surface area contributed by atoms with E-state index in [1.165, 1.54) is 12.1 Å². The van der Waals surface area contributed by atoms with Crippen molar-refractivity contribution in [3.05, 3.63) is 29.8 Å². The van der Waals surface area contributed by atoms with Gasteiger partial charge in [-0.15, -0.1) is 0 Å². The van der Waals surface area contributed by atoms with E-state index in [9.17, 15) is 9.18 Å². The highest BCUT2D eigenvalue weighted by Crippen LogP contribution is 2.03. The van der Waals surface area contributed by atoms with Gasteiger partial charge >= 0.3 is 0 Å². The van der Waals surface area contributed by atoms with Crippen LogP contribution in [0.5, 0.6) is 0 Å². The van der Waals surface area contributed by atoms with Gasteiger partial charge in [-0.05, 0) is 25.0 Å². The molecule has 0 saturated heterocycles. The molecule has 1 aromatic heterocycles. The van der Waals surface area contributed by atoms with Crippen molar-refractivity contribution in [3.8, 4) is 0 Å². The molecule has 1 amide bonds. The summed E-state index contributed by atoms with van der Waals surface area (Å²) in [5.41, 5.74) is 0.165. The van der Waals surface area contributed by atoms with Crippen molar-refractivity contribution in [1.29, 1.82) is 0 Å². The van der Waals surface area contributed by atoms with E-state index in [-0.39, 0.29) is 30.2 Å². The largest absolute Gasteiger partial charge is 0.396 e. The maximum Gasteiger partial charge on any atom is 0.270 e. The van der Waals surface area contributed by atoms with Crippen LogP contribution in [-0.4, -0.2) is 28.6 Å². The standard InChI is InChI=1S/C11H15FN2O2/c1-7(6-15)8(2)14-11(16)10-4-3-9(12)5-13-10/h3-5,7-8,15H,6H2,1-2H3,(H,14,16). The second-order valence-electron chi connectivity index (χ2n) is 3.78. The fourth-order valence-electron chi connectivity index (χ4n) is 1.09. The topological polar surface area (TPSA) is 62.2 Å². The normalized spacial score (nSPS) is 14.2. The second-order valence-corrected chi connectivity index (χ2v) is 3.78. The Bertz CT molecular complexity index is 354. The van der Waals surface area contributed by atoms with E-state index >= 15 is 0 Å². The zero-order valence-electron chi connectivity index (χ0n) is 9.27. The number of pyridine rings is 1. The van der Waals surface area contributed by atoms with Crippen LogP contribution in [-0.2, 0) is 0 Å². The van der Waals surface area contributed by atoms with Gasteiger partial charge in [0, 0.05) is 12.6 Å². The third kappa shape index (κ3) is 3.27. The number of rotatable bonds is 4. The van der Waals surface area contributed by atoms with Crippen LogP contribution in [0.4, 0.5) is 4.39 Å². The quantitative estimate of drug-likeness (QED) is 0.804. The summed E-state index contributed by atoms with van der Waals surface area (Å²) in [4.78, 5) is 15.3. The van der Waals surface area contributed by atoms with E-state index in [1.807, 2.05) is 6.92 Å². The Kier molecular flexibility index (Phi) is 4.37. The minimum atomic E-state index is -0.478. The van der Waals surface area contributed by atoms with E-state index in [4.69, 9.17) is 5.11 Å². The van der Waals surface area contributed by atoms with Gasteiger partial charge in [-0.1, -0.05) is 6.92 Å². The molecule has 0 spiro atoms. The van der Waals surface area contributed by atoms with E-state index < -0.39 is 5.82 Å². The summed E-state index contributed by atoms with van der Waals surface area (Å²) in [7, 11) is 0. The fraction of sp³-hybridized carbons (Fsp3) is 0.455. The molecule has 2 atom stereocenters. The lowest BCUT2D eigenvalue weighted by molar-refractivity contribution is 0.0911. The molecule has 16 heavy (non-hydrogen) atoms. The van der Waals surface area contributed by atoms with Crippen LogP contribution in [0, 0.1) is 11.7 Å². The van der Waals surface area contributed by atoms with E-state index in [0.29, 0.717) is 0 Å². The monoisotopic (exact) mass is 226 g/mol. The summed E-state index contributed by atoms with van der Waals surface area (Å²) in [5.74, 6) is -0.884. The molecule has 0 aliphatic heterocycles. The molecule has 1 rings (SSSR count). The molecule has 5 heteroatoms. The van der Waals surface area contributed by atoms with E-state index in [2.05, 4.69) is 10.3 Å². The van der Waals surface area contributed by atoms with Crippen molar-refractivity contribution in [2.75, 3.05) is 6.61 Å². The molecule has 2 unspecified atom stereocenters. The number of carbonyl (C=O) groups excluding carboxylic acids is 1. The Balaban J connectivity index is 2.62. The van der Waals surface area contributed by atoms with Crippen LogP contribution >= 0.6 is 0 Å². The van der Waals surface area contributed by atoms with Crippen LogP contribution < -0.4 is 5.32 Å². The molecule has 0 aliphatic carbocycles. The molecule has 0 fully saturated rings. The minimum absolute atomic E-state index is 0.00169. The first kappa shape index (κ1) is 12.6. The van der Waals surface area contributed by atoms with Gasteiger partial charge in [0.15, 0.2) is 0 Å². The number of nitrogens with zero attached hydrogens (tertiary/aromatic N) is 1. The summed E-state index contributed by atoms with van der Waals surface area (Å²) < 4.78 is 12.6.